The van der Waals surface area contributed by atoms with Crippen LogP contribution in [0, 0.1) is 10.1 Å². The summed E-state index contributed by atoms with van der Waals surface area (Å²) in [5.41, 5.74) is 0.942. The van der Waals surface area contributed by atoms with Crippen LogP contribution in [0.1, 0.15) is 6.23 Å². The van der Waals surface area contributed by atoms with Crippen LogP contribution in [0.2, 0.25) is 5.02 Å². The van der Waals surface area contributed by atoms with Crippen molar-refractivity contribution in [2.45, 2.75) is 24.5 Å². The Kier molecular flexibility index (Phi) is 4.36. The van der Waals surface area contributed by atoms with E-state index < -0.39 is 42.0 Å². The fraction of sp³-hybridized carbons (Fsp3) is 0.312. The lowest BCUT2D eigenvalue weighted by Crippen LogP contribution is -2.33. The van der Waals surface area contributed by atoms with Crippen LogP contribution < -0.4 is 0 Å². The average molecular weight is 396 g/mol. The minimum atomic E-state index is -1.36. The number of hydrogen-bond acceptors (Lipinski definition) is 8. The van der Waals surface area contributed by atoms with E-state index in [1.165, 1.54) is 16.7 Å². The molecule has 27 heavy (non-hydrogen) atoms. The van der Waals surface area contributed by atoms with E-state index in [2.05, 4.69) is 4.98 Å². The van der Waals surface area contributed by atoms with Crippen LogP contribution in [0.25, 0.3) is 22.6 Å². The quantitative estimate of drug-likeness (QED) is 0.445. The van der Waals surface area contributed by atoms with Crippen LogP contribution in [-0.4, -0.2) is 54.7 Å². The SMILES string of the molecule is O=[N+]([O-])c1ccc(-c2nc3cc(Cl)ccc3n2[C@@H]2O[C@H](CO)[C@@H](O)[C@H]2O)o1. The lowest BCUT2D eigenvalue weighted by atomic mass is 10.1. The summed E-state index contributed by atoms with van der Waals surface area (Å²) in [5, 5.41) is 41.2. The van der Waals surface area contributed by atoms with E-state index in [4.69, 9.17) is 20.8 Å². The molecule has 3 N–H and O–H groups in total. The topological polar surface area (TPSA) is 144 Å². The number of furan rings is 1. The Bertz CT molecular complexity index is 1020. The highest BCUT2D eigenvalue weighted by atomic mass is 35.5. The van der Waals surface area contributed by atoms with Crippen LogP contribution in [-0.2, 0) is 4.74 Å². The highest BCUT2D eigenvalue weighted by Gasteiger charge is 2.45. The van der Waals surface area contributed by atoms with Crippen molar-refractivity contribution in [1.29, 1.82) is 0 Å². The Morgan fingerprint density at radius 1 is 1.26 bits per heavy atom. The molecular formula is C16H14ClN3O7. The molecule has 1 saturated heterocycles. The molecule has 1 aliphatic rings. The molecule has 3 aromatic rings. The van der Waals surface area contributed by atoms with Gasteiger partial charge in [0.2, 0.25) is 0 Å². The fourth-order valence-electron chi connectivity index (χ4n) is 3.14. The van der Waals surface area contributed by atoms with E-state index in [1.807, 2.05) is 0 Å². The van der Waals surface area contributed by atoms with Crippen LogP contribution >= 0.6 is 11.6 Å². The van der Waals surface area contributed by atoms with Gasteiger partial charge in [-0.2, -0.15) is 0 Å². The van der Waals surface area contributed by atoms with Gasteiger partial charge in [-0.3, -0.25) is 14.7 Å². The normalized spacial score (nSPS) is 25.3. The van der Waals surface area contributed by atoms with E-state index in [9.17, 15) is 25.4 Å². The van der Waals surface area contributed by atoms with E-state index in [0.29, 0.717) is 16.1 Å². The van der Waals surface area contributed by atoms with Crippen LogP contribution in [0.5, 0.6) is 0 Å². The summed E-state index contributed by atoms with van der Waals surface area (Å²) in [6, 6.07) is 7.38. The summed E-state index contributed by atoms with van der Waals surface area (Å²) in [7, 11) is 0. The van der Waals surface area contributed by atoms with Crippen LogP contribution in [0.3, 0.4) is 0 Å². The highest BCUT2D eigenvalue weighted by molar-refractivity contribution is 6.31. The summed E-state index contributed by atoms with van der Waals surface area (Å²) in [5.74, 6) is -0.246. The van der Waals surface area contributed by atoms with Gasteiger partial charge in [-0.25, -0.2) is 4.98 Å². The number of fused-ring (bicyclic) bond motifs is 1. The van der Waals surface area contributed by atoms with Crippen molar-refractivity contribution in [3.05, 3.63) is 45.5 Å². The third-order valence-corrected chi connectivity index (χ3v) is 4.65. The standard InChI is InChI=1S/C16H14ClN3O7/c17-7-1-2-9-8(5-7)18-15(10-3-4-12(26-10)20(24)25)19(9)16-14(23)13(22)11(6-21)27-16/h1-5,11,13-14,16,21-23H,6H2/t11-,13-,14-,16-/m1/s1. The summed E-state index contributed by atoms with van der Waals surface area (Å²) in [6.45, 7) is -0.491. The highest BCUT2D eigenvalue weighted by Crippen LogP contribution is 2.38. The molecule has 4 atom stereocenters. The zero-order chi connectivity index (χ0) is 19.3. The maximum Gasteiger partial charge on any atom is 0.433 e. The molecule has 0 unspecified atom stereocenters. The molecule has 0 spiro atoms. The Labute approximate surface area is 156 Å². The third-order valence-electron chi connectivity index (χ3n) is 4.42. The van der Waals surface area contributed by atoms with Crippen molar-refractivity contribution in [3.8, 4) is 11.6 Å². The molecule has 3 heterocycles. The molecule has 142 valence electrons. The van der Waals surface area contributed by atoms with E-state index in [1.54, 1.807) is 18.2 Å². The summed E-state index contributed by atoms with van der Waals surface area (Å²) >= 11 is 6.01. The molecule has 0 radical (unpaired) electrons. The van der Waals surface area contributed by atoms with Gasteiger partial charge in [-0.15, -0.1) is 0 Å². The molecule has 0 aliphatic carbocycles. The number of hydrogen-bond donors (Lipinski definition) is 3. The fourth-order valence-corrected chi connectivity index (χ4v) is 3.31. The van der Waals surface area contributed by atoms with Gasteiger partial charge in [0.05, 0.1) is 23.7 Å². The van der Waals surface area contributed by atoms with Crippen molar-refractivity contribution in [2.24, 2.45) is 0 Å². The van der Waals surface area contributed by atoms with Gasteiger partial charge >= 0.3 is 5.88 Å². The number of aromatic nitrogens is 2. The molecule has 2 aromatic heterocycles. The molecule has 10 nitrogen and oxygen atoms in total. The Morgan fingerprint density at radius 3 is 2.67 bits per heavy atom. The van der Waals surface area contributed by atoms with Gasteiger partial charge in [-0.1, -0.05) is 11.6 Å². The maximum atomic E-state index is 10.9. The number of aliphatic hydroxyl groups excluding tert-OH is 3. The predicted octanol–water partition coefficient (Wildman–Crippen LogP) is 1.47. The third kappa shape index (κ3) is 2.87. The van der Waals surface area contributed by atoms with Gasteiger partial charge in [0.15, 0.2) is 17.8 Å². The van der Waals surface area contributed by atoms with Crippen molar-refractivity contribution in [1.82, 2.24) is 9.55 Å². The summed E-state index contributed by atoms with van der Waals surface area (Å²) in [6.07, 6.45) is -4.77. The molecule has 0 amide bonds. The predicted molar refractivity (Wildman–Crippen MR) is 92.1 cm³/mol. The first kappa shape index (κ1) is 17.9. The van der Waals surface area contributed by atoms with Gasteiger partial charge in [-0.05, 0) is 24.3 Å². The monoisotopic (exact) mass is 395 g/mol. The lowest BCUT2D eigenvalue weighted by molar-refractivity contribution is -0.401. The first-order valence-electron chi connectivity index (χ1n) is 7.95. The summed E-state index contributed by atoms with van der Waals surface area (Å²) < 4.78 is 12.3. The maximum absolute atomic E-state index is 10.9. The molecule has 1 aliphatic heterocycles. The molecule has 4 rings (SSSR count). The first-order valence-corrected chi connectivity index (χ1v) is 8.33. The number of ether oxygens (including phenoxy) is 1. The van der Waals surface area contributed by atoms with Gasteiger partial charge in [0.1, 0.15) is 23.2 Å². The molecule has 1 aromatic carbocycles. The van der Waals surface area contributed by atoms with Crippen molar-refractivity contribution in [2.75, 3.05) is 6.61 Å². The van der Waals surface area contributed by atoms with Crippen LogP contribution in [0.15, 0.2) is 34.7 Å². The Morgan fingerprint density at radius 2 is 2.04 bits per heavy atom. The molecule has 0 saturated carbocycles. The Hall–Kier alpha value is -2.50. The second-order valence-electron chi connectivity index (χ2n) is 6.06. The Balaban J connectivity index is 1.90. The summed E-state index contributed by atoms with van der Waals surface area (Å²) in [4.78, 5) is 14.6. The number of aliphatic hydroxyl groups is 3. The van der Waals surface area contributed by atoms with Crippen LogP contribution in [0.4, 0.5) is 5.88 Å². The first-order chi connectivity index (χ1) is 12.9. The average Bonchev–Trinajstić information content (AvgIpc) is 3.32. The van der Waals surface area contributed by atoms with Gasteiger partial charge in [0.25, 0.3) is 0 Å². The minimum absolute atomic E-state index is 0.0757. The zero-order valence-corrected chi connectivity index (χ0v) is 14.4. The number of imidazole rings is 1. The van der Waals surface area contributed by atoms with E-state index in [-0.39, 0.29) is 11.6 Å². The minimum Gasteiger partial charge on any atom is -0.397 e. The van der Waals surface area contributed by atoms with E-state index in [0.717, 1.165) is 0 Å². The molecule has 11 heteroatoms. The number of rotatable bonds is 4. The number of nitrogens with zero attached hydrogens (tertiary/aromatic N) is 3. The van der Waals surface area contributed by atoms with Gasteiger partial charge in [0, 0.05) is 5.02 Å². The largest absolute Gasteiger partial charge is 0.433 e. The van der Waals surface area contributed by atoms with Crippen molar-refractivity contribution < 1.29 is 29.4 Å². The smallest absolute Gasteiger partial charge is 0.397 e. The molecule has 0 bridgehead atoms. The number of benzene rings is 1. The lowest BCUT2D eigenvalue weighted by Gasteiger charge is -2.19. The second-order valence-corrected chi connectivity index (χ2v) is 6.50. The number of halogens is 1. The zero-order valence-electron chi connectivity index (χ0n) is 13.6. The van der Waals surface area contributed by atoms with Crippen molar-refractivity contribution in [3.63, 3.8) is 0 Å². The van der Waals surface area contributed by atoms with Crippen molar-refractivity contribution >= 4 is 28.5 Å². The molecular weight excluding hydrogens is 382 g/mol. The molecule has 1 fully saturated rings. The second kappa shape index (κ2) is 6.59. The number of nitro groups is 1. The van der Waals surface area contributed by atoms with Gasteiger partial charge < -0.3 is 24.5 Å². The van der Waals surface area contributed by atoms with E-state index >= 15 is 0 Å².